The summed E-state index contributed by atoms with van der Waals surface area (Å²) in [6.45, 7) is 2.08. The van der Waals surface area contributed by atoms with Crippen LogP contribution in [0.3, 0.4) is 0 Å². The molecule has 30 heavy (non-hydrogen) atoms. The van der Waals surface area contributed by atoms with E-state index in [9.17, 15) is 14.7 Å². The number of amides is 1. The Hall–Kier alpha value is -3.60. The number of carboxylic acid groups (broad SMARTS) is 1. The van der Waals surface area contributed by atoms with Crippen molar-refractivity contribution in [3.8, 4) is 11.1 Å². The van der Waals surface area contributed by atoms with E-state index in [-0.39, 0.29) is 18.9 Å². The van der Waals surface area contributed by atoms with Crippen molar-refractivity contribution in [3.63, 3.8) is 0 Å². The van der Waals surface area contributed by atoms with Crippen LogP contribution in [-0.4, -0.2) is 18.7 Å². The van der Waals surface area contributed by atoms with Crippen molar-refractivity contribution in [2.24, 2.45) is 0 Å². The van der Waals surface area contributed by atoms with E-state index in [0.717, 1.165) is 27.8 Å². The first-order valence-corrected chi connectivity index (χ1v) is 9.91. The highest BCUT2D eigenvalue weighted by Crippen LogP contribution is 2.44. The molecular weight excluding hydrogens is 378 g/mol. The predicted molar refractivity (Wildman–Crippen MR) is 112 cm³/mol. The van der Waals surface area contributed by atoms with Crippen molar-refractivity contribution in [1.82, 2.24) is 5.32 Å². The largest absolute Gasteiger partial charge is 0.550 e. The van der Waals surface area contributed by atoms with Crippen LogP contribution < -0.4 is 10.4 Å². The second-order valence-electron chi connectivity index (χ2n) is 7.51. The number of aryl methyl sites for hydroxylation is 1. The standard InChI is InChI=1S/C25H23NO4/c1-16-7-6-8-17(13-16)23(14-24(27)28)26-25(29)30-15-22-20-11-4-2-9-18(20)19-10-3-5-12-21(19)22/h2-13,22-23H,14-15H2,1H3,(H,26,29)(H,27,28)/p-1/t23-/m1/s1. The van der Waals surface area contributed by atoms with Crippen LogP contribution in [0.25, 0.3) is 11.1 Å². The fourth-order valence-electron chi connectivity index (χ4n) is 4.09. The van der Waals surface area contributed by atoms with Crippen LogP contribution >= 0.6 is 0 Å². The Kier molecular flexibility index (Phi) is 5.53. The first kappa shape index (κ1) is 19.7. The Morgan fingerprint density at radius 2 is 1.60 bits per heavy atom. The maximum Gasteiger partial charge on any atom is 0.407 e. The van der Waals surface area contributed by atoms with Gasteiger partial charge in [-0.3, -0.25) is 0 Å². The highest BCUT2D eigenvalue weighted by molar-refractivity contribution is 5.79. The van der Waals surface area contributed by atoms with Crippen LogP contribution in [0.1, 0.15) is 40.6 Å². The highest BCUT2D eigenvalue weighted by Gasteiger charge is 2.29. The van der Waals surface area contributed by atoms with Crippen LogP contribution in [0.4, 0.5) is 4.79 Å². The molecule has 0 heterocycles. The third kappa shape index (κ3) is 4.06. The average molecular weight is 400 g/mol. The zero-order chi connectivity index (χ0) is 21.1. The van der Waals surface area contributed by atoms with Crippen molar-refractivity contribution < 1.29 is 19.4 Å². The minimum Gasteiger partial charge on any atom is -0.550 e. The Morgan fingerprint density at radius 1 is 0.967 bits per heavy atom. The molecule has 0 bridgehead atoms. The number of benzene rings is 3. The van der Waals surface area contributed by atoms with E-state index in [2.05, 4.69) is 17.4 Å². The second-order valence-corrected chi connectivity index (χ2v) is 7.51. The number of ether oxygens (including phenoxy) is 1. The Balaban J connectivity index is 1.48. The molecule has 5 heteroatoms. The summed E-state index contributed by atoms with van der Waals surface area (Å²) in [7, 11) is 0. The molecule has 1 N–H and O–H groups in total. The summed E-state index contributed by atoms with van der Waals surface area (Å²) in [6.07, 6.45) is -0.974. The molecule has 3 aromatic rings. The number of rotatable bonds is 6. The predicted octanol–water partition coefficient (Wildman–Crippen LogP) is 3.71. The van der Waals surface area contributed by atoms with Crippen molar-refractivity contribution in [2.45, 2.75) is 25.3 Å². The van der Waals surface area contributed by atoms with Gasteiger partial charge in [-0.15, -0.1) is 0 Å². The van der Waals surface area contributed by atoms with Gasteiger partial charge < -0.3 is 20.0 Å². The lowest BCUT2D eigenvalue weighted by atomic mass is 9.98. The molecule has 0 fully saturated rings. The molecular formula is C25H22NO4-. The number of fused-ring (bicyclic) bond motifs is 3. The maximum absolute atomic E-state index is 12.5. The van der Waals surface area contributed by atoms with Crippen LogP contribution in [0.2, 0.25) is 0 Å². The van der Waals surface area contributed by atoms with Gasteiger partial charge in [0.2, 0.25) is 0 Å². The summed E-state index contributed by atoms with van der Waals surface area (Å²) in [5, 5.41) is 13.9. The van der Waals surface area contributed by atoms with Gasteiger partial charge in [-0.2, -0.15) is 0 Å². The normalized spacial score (nSPS) is 13.2. The zero-order valence-electron chi connectivity index (χ0n) is 16.6. The molecule has 1 atom stereocenters. The molecule has 0 spiro atoms. The van der Waals surface area contributed by atoms with Crippen molar-refractivity contribution in [3.05, 3.63) is 95.1 Å². The van der Waals surface area contributed by atoms with E-state index in [4.69, 9.17) is 4.74 Å². The molecule has 152 valence electrons. The van der Waals surface area contributed by atoms with Gasteiger partial charge in [-0.25, -0.2) is 4.79 Å². The Morgan fingerprint density at radius 3 is 2.20 bits per heavy atom. The third-order valence-electron chi connectivity index (χ3n) is 5.45. The van der Waals surface area contributed by atoms with Gasteiger partial charge in [0.1, 0.15) is 6.61 Å². The van der Waals surface area contributed by atoms with E-state index in [0.29, 0.717) is 5.56 Å². The Bertz CT molecular complexity index is 1050. The van der Waals surface area contributed by atoms with E-state index in [1.54, 1.807) is 6.07 Å². The zero-order valence-corrected chi connectivity index (χ0v) is 16.6. The summed E-state index contributed by atoms with van der Waals surface area (Å²) in [5.74, 6) is -1.29. The van der Waals surface area contributed by atoms with Crippen LogP contribution in [0, 0.1) is 6.92 Å². The molecule has 3 aromatic carbocycles. The highest BCUT2D eigenvalue weighted by atomic mass is 16.5. The second kappa shape index (κ2) is 8.41. The van der Waals surface area contributed by atoms with Crippen LogP contribution in [0.15, 0.2) is 72.8 Å². The van der Waals surface area contributed by atoms with E-state index < -0.39 is 18.1 Å². The smallest absolute Gasteiger partial charge is 0.407 e. The summed E-state index contributed by atoms with van der Waals surface area (Å²) in [5.41, 5.74) is 6.22. The van der Waals surface area contributed by atoms with Crippen molar-refractivity contribution >= 4 is 12.1 Å². The number of carbonyl (C=O) groups excluding carboxylic acids is 2. The molecule has 0 aromatic heterocycles. The molecule has 0 radical (unpaired) electrons. The van der Waals surface area contributed by atoms with Gasteiger partial charge in [0.15, 0.2) is 0 Å². The first-order chi connectivity index (χ1) is 14.5. The summed E-state index contributed by atoms with van der Waals surface area (Å²) in [6, 6.07) is 22.8. The van der Waals surface area contributed by atoms with E-state index in [1.165, 1.54) is 0 Å². The number of carbonyl (C=O) groups is 2. The SMILES string of the molecule is Cc1cccc([C@@H](CC(=O)[O-])NC(=O)OCC2c3ccccc3-c3ccccc32)c1. The van der Waals surface area contributed by atoms with Gasteiger partial charge in [0.05, 0.1) is 6.04 Å². The van der Waals surface area contributed by atoms with Gasteiger partial charge in [-0.05, 0) is 34.7 Å². The fraction of sp³-hybridized carbons (Fsp3) is 0.200. The number of hydrogen-bond acceptors (Lipinski definition) is 4. The number of carboxylic acids is 1. The topological polar surface area (TPSA) is 78.5 Å². The van der Waals surface area contributed by atoms with E-state index >= 15 is 0 Å². The molecule has 1 aliphatic rings. The maximum atomic E-state index is 12.5. The lowest BCUT2D eigenvalue weighted by Gasteiger charge is -2.21. The average Bonchev–Trinajstić information content (AvgIpc) is 3.05. The third-order valence-corrected chi connectivity index (χ3v) is 5.45. The van der Waals surface area contributed by atoms with Gasteiger partial charge >= 0.3 is 6.09 Å². The minimum absolute atomic E-state index is 0.0540. The monoisotopic (exact) mass is 400 g/mol. The van der Waals surface area contributed by atoms with Gasteiger partial charge in [-0.1, -0.05) is 78.4 Å². The summed E-state index contributed by atoms with van der Waals surface area (Å²) < 4.78 is 5.54. The summed E-state index contributed by atoms with van der Waals surface area (Å²) >= 11 is 0. The van der Waals surface area contributed by atoms with Gasteiger partial charge in [0, 0.05) is 18.3 Å². The summed E-state index contributed by atoms with van der Waals surface area (Å²) in [4.78, 5) is 23.7. The number of aliphatic carboxylic acids is 1. The fourth-order valence-corrected chi connectivity index (χ4v) is 4.09. The molecule has 0 saturated carbocycles. The molecule has 4 rings (SSSR count). The minimum atomic E-state index is -1.24. The molecule has 1 aliphatic carbocycles. The molecule has 1 amide bonds. The number of nitrogens with one attached hydrogen (secondary N) is 1. The number of alkyl carbamates (subject to hydrolysis) is 1. The lowest BCUT2D eigenvalue weighted by Crippen LogP contribution is -2.35. The molecule has 5 nitrogen and oxygen atoms in total. The van der Waals surface area contributed by atoms with Gasteiger partial charge in [0.25, 0.3) is 0 Å². The quantitative estimate of drug-likeness (QED) is 0.684. The number of hydrogen-bond donors (Lipinski definition) is 1. The molecule has 0 saturated heterocycles. The van der Waals surface area contributed by atoms with Crippen molar-refractivity contribution in [1.29, 1.82) is 0 Å². The Labute approximate surface area is 175 Å². The van der Waals surface area contributed by atoms with Crippen LogP contribution in [0.5, 0.6) is 0 Å². The van der Waals surface area contributed by atoms with E-state index in [1.807, 2.05) is 61.5 Å². The van der Waals surface area contributed by atoms with Crippen molar-refractivity contribution in [2.75, 3.05) is 6.61 Å². The van der Waals surface area contributed by atoms with Crippen LogP contribution in [-0.2, 0) is 9.53 Å². The first-order valence-electron chi connectivity index (χ1n) is 9.91. The molecule has 0 aliphatic heterocycles. The lowest BCUT2D eigenvalue weighted by molar-refractivity contribution is -0.306. The molecule has 0 unspecified atom stereocenters.